The fourth-order valence-electron chi connectivity index (χ4n) is 1.73. The molecular formula is C10H13ClOS2. The Bertz CT molecular complexity index is 326. The molecule has 1 aromatic rings. The van der Waals surface area contributed by atoms with Crippen LogP contribution in [0, 0.1) is 5.92 Å². The summed E-state index contributed by atoms with van der Waals surface area (Å²) in [6.07, 6.45) is 0.740. The van der Waals surface area contributed by atoms with Gasteiger partial charge in [0.2, 0.25) is 0 Å². The van der Waals surface area contributed by atoms with Gasteiger partial charge in [-0.25, -0.2) is 0 Å². The van der Waals surface area contributed by atoms with Gasteiger partial charge in [-0.3, -0.25) is 0 Å². The van der Waals surface area contributed by atoms with Crippen LogP contribution in [0.2, 0.25) is 4.34 Å². The van der Waals surface area contributed by atoms with Crippen LogP contribution in [-0.4, -0.2) is 22.2 Å². The topological polar surface area (TPSA) is 20.2 Å². The average Bonchev–Trinajstić information content (AvgIpc) is 2.62. The summed E-state index contributed by atoms with van der Waals surface area (Å²) in [6, 6.07) is 1.96. The van der Waals surface area contributed by atoms with Gasteiger partial charge < -0.3 is 5.11 Å². The van der Waals surface area contributed by atoms with Crippen molar-refractivity contribution in [1.82, 2.24) is 0 Å². The van der Waals surface area contributed by atoms with Crippen molar-refractivity contribution in [1.29, 1.82) is 0 Å². The minimum absolute atomic E-state index is 0.381. The molecule has 1 aliphatic rings. The Morgan fingerprint density at radius 3 is 3.00 bits per heavy atom. The van der Waals surface area contributed by atoms with Gasteiger partial charge in [0.25, 0.3) is 0 Å². The largest absolute Gasteiger partial charge is 0.388 e. The lowest BCUT2D eigenvalue weighted by Gasteiger charge is -2.26. The second kappa shape index (κ2) is 4.05. The number of aliphatic hydroxyl groups is 1. The normalized spacial score (nSPS) is 32.4. The average molecular weight is 249 g/mol. The van der Waals surface area contributed by atoms with Crippen molar-refractivity contribution >= 4 is 34.7 Å². The quantitative estimate of drug-likeness (QED) is 0.868. The summed E-state index contributed by atoms with van der Waals surface area (Å²) in [6.45, 7) is 2.12. The standard InChI is InChI=1S/C10H13ClOS2/c1-7-4-13-6-10(7,12)3-8-2-9(11)14-5-8/h2,5,7,12H,3-4,6H2,1H3. The van der Waals surface area contributed by atoms with Crippen molar-refractivity contribution in [3.8, 4) is 0 Å². The first-order valence-electron chi connectivity index (χ1n) is 4.63. The van der Waals surface area contributed by atoms with Crippen molar-refractivity contribution in [3.05, 3.63) is 21.3 Å². The summed E-state index contributed by atoms with van der Waals surface area (Å²) < 4.78 is 0.807. The number of thiophene rings is 1. The highest BCUT2D eigenvalue weighted by molar-refractivity contribution is 7.99. The molecule has 2 rings (SSSR count). The van der Waals surface area contributed by atoms with E-state index in [1.807, 2.05) is 23.2 Å². The predicted octanol–water partition coefficient (Wildman–Crippen LogP) is 3.06. The molecule has 4 heteroatoms. The molecule has 1 saturated heterocycles. The number of thioether (sulfide) groups is 1. The lowest BCUT2D eigenvalue weighted by Crippen LogP contribution is -2.37. The maximum atomic E-state index is 10.4. The number of hydrogen-bond donors (Lipinski definition) is 1. The van der Waals surface area contributed by atoms with E-state index in [0.29, 0.717) is 5.92 Å². The molecule has 0 aliphatic carbocycles. The molecule has 2 heterocycles. The van der Waals surface area contributed by atoms with Gasteiger partial charge in [0.1, 0.15) is 0 Å². The molecule has 2 unspecified atom stereocenters. The highest BCUT2D eigenvalue weighted by atomic mass is 35.5. The third-order valence-electron chi connectivity index (χ3n) is 2.77. The zero-order valence-electron chi connectivity index (χ0n) is 8.00. The van der Waals surface area contributed by atoms with E-state index >= 15 is 0 Å². The van der Waals surface area contributed by atoms with E-state index < -0.39 is 5.60 Å². The highest BCUT2D eigenvalue weighted by Crippen LogP contribution is 2.36. The summed E-state index contributed by atoms with van der Waals surface area (Å²) in [7, 11) is 0. The van der Waals surface area contributed by atoms with Crippen LogP contribution >= 0.6 is 34.7 Å². The van der Waals surface area contributed by atoms with Crippen LogP contribution in [-0.2, 0) is 6.42 Å². The van der Waals surface area contributed by atoms with E-state index in [9.17, 15) is 5.11 Å². The van der Waals surface area contributed by atoms with Crippen LogP contribution in [0.5, 0.6) is 0 Å². The molecule has 1 N–H and O–H groups in total. The highest BCUT2D eigenvalue weighted by Gasteiger charge is 2.38. The number of hydrogen-bond acceptors (Lipinski definition) is 3. The SMILES string of the molecule is CC1CSCC1(O)Cc1csc(Cl)c1. The van der Waals surface area contributed by atoms with E-state index in [-0.39, 0.29) is 0 Å². The summed E-state index contributed by atoms with van der Waals surface area (Å²) in [4.78, 5) is 0. The van der Waals surface area contributed by atoms with Gasteiger partial charge in [0, 0.05) is 12.2 Å². The van der Waals surface area contributed by atoms with Gasteiger partial charge in [-0.15, -0.1) is 11.3 Å². The smallest absolute Gasteiger partial charge is 0.0931 e. The maximum Gasteiger partial charge on any atom is 0.0931 e. The molecule has 1 nitrogen and oxygen atoms in total. The Hall–Kier alpha value is 0.300. The summed E-state index contributed by atoms with van der Waals surface area (Å²) in [5, 5.41) is 12.4. The van der Waals surface area contributed by atoms with Crippen LogP contribution < -0.4 is 0 Å². The molecule has 0 amide bonds. The summed E-state index contributed by atoms with van der Waals surface area (Å²) >= 11 is 9.23. The van der Waals surface area contributed by atoms with E-state index in [0.717, 1.165) is 27.8 Å². The first-order chi connectivity index (χ1) is 6.60. The van der Waals surface area contributed by atoms with Crippen molar-refractivity contribution in [2.45, 2.75) is 18.9 Å². The molecule has 0 radical (unpaired) electrons. The first kappa shape index (κ1) is 10.8. The molecule has 0 aromatic carbocycles. The minimum Gasteiger partial charge on any atom is -0.388 e. The van der Waals surface area contributed by atoms with Crippen LogP contribution in [0.25, 0.3) is 0 Å². The molecule has 0 spiro atoms. The van der Waals surface area contributed by atoms with Crippen LogP contribution in [0.15, 0.2) is 11.4 Å². The molecule has 1 fully saturated rings. The third kappa shape index (κ3) is 2.11. The Morgan fingerprint density at radius 2 is 2.50 bits per heavy atom. The fourth-order valence-corrected chi connectivity index (χ4v) is 4.16. The zero-order valence-corrected chi connectivity index (χ0v) is 10.4. The molecule has 0 saturated carbocycles. The summed E-state index contributed by atoms with van der Waals surface area (Å²) in [5.41, 5.74) is 0.645. The van der Waals surface area contributed by atoms with E-state index in [2.05, 4.69) is 6.92 Å². The van der Waals surface area contributed by atoms with Crippen molar-refractivity contribution in [3.63, 3.8) is 0 Å². The van der Waals surface area contributed by atoms with Gasteiger partial charge in [-0.2, -0.15) is 11.8 Å². The maximum absolute atomic E-state index is 10.4. The fraction of sp³-hybridized carbons (Fsp3) is 0.600. The third-order valence-corrected chi connectivity index (χ3v) is 5.35. The van der Waals surface area contributed by atoms with Crippen LogP contribution in [0.3, 0.4) is 0 Å². The predicted molar refractivity (Wildman–Crippen MR) is 64.5 cm³/mol. The second-order valence-electron chi connectivity index (χ2n) is 3.96. The van der Waals surface area contributed by atoms with Gasteiger partial charge >= 0.3 is 0 Å². The van der Waals surface area contributed by atoms with Crippen molar-refractivity contribution < 1.29 is 5.11 Å². The Balaban J connectivity index is 2.10. The van der Waals surface area contributed by atoms with Gasteiger partial charge in [-0.1, -0.05) is 18.5 Å². The van der Waals surface area contributed by atoms with Gasteiger partial charge in [-0.05, 0) is 28.7 Å². The molecule has 1 aliphatic heterocycles. The Kier molecular flexibility index (Phi) is 3.12. The molecule has 78 valence electrons. The Labute approximate surface area is 97.5 Å². The summed E-state index contributed by atoms with van der Waals surface area (Å²) in [5.74, 6) is 2.29. The van der Waals surface area contributed by atoms with Gasteiger partial charge in [0.05, 0.1) is 9.94 Å². The first-order valence-corrected chi connectivity index (χ1v) is 7.04. The second-order valence-corrected chi connectivity index (χ2v) is 6.53. The lowest BCUT2D eigenvalue weighted by molar-refractivity contribution is 0.0279. The monoisotopic (exact) mass is 248 g/mol. The molecule has 0 bridgehead atoms. The van der Waals surface area contributed by atoms with Crippen LogP contribution in [0.1, 0.15) is 12.5 Å². The van der Waals surface area contributed by atoms with E-state index in [1.165, 1.54) is 11.3 Å². The van der Waals surface area contributed by atoms with E-state index in [4.69, 9.17) is 11.6 Å². The molecular weight excluding hydrogens is 236 g/mol. The van der Waals surface area contributed by atoms with Crippen molar-refractivity contribution in [2.75, 3.05) is 11.5 Å². The van der Waals surface area contributed by atoms with Crippen molar-refractivity contribution in [2.24, 2.45) is 5.92 Å². The molecule has 2 atom stereocenters. The number of halogens is 1. The Morgan fingerprint density at radius 1 is 1.71 bits per heavy atom. The molecule has 14 heavy (non-hydrogen) atoms. The molecule has 1 aromatic heterocycles. The zero-order chi connectivity index (χ0) is 10.2. The van der Waals surface area contributed by atoms with Crippen LogP contribution in [0.4, 0.5) is 0 Å². The lowest BCUT2D eigenvalue weighted by atomic mass is 9.87. The van der Waals surface area contributed by atoms with E-state index in [1.54, 1.807) is 0 Å². The van der Waals surface area contributed by atoms with Gasteiger partial charge in [0.15, 0.2) is 0 Å². The number of rotatable bonds is 2. The minimum atomic E-state index is -0.519.